The zero-order valence-electron chi connectivity index (χ0n) is 10.8. The molecular formula is C16H16N2S. The summed E-state index contributed by atoms with van der Waals surface area (Å²) in [5.41, 5.74) is 6.16. The van der Waals surface area contributed by atoms with E-state index in [1.165, 1.54) is 5.56 Å². The summed E-state index contributed by atoms with van der Waals surface area (Å²) in [5, 5.41) is 4.32. The molecular weight excluding hydrogens is 252 g/mol. The Balaban J connectivity index is 1.93. The predicted molar refractivity (Wildman–Crippen MR) is 84.5 cm³/mol. The van der Waals surface area contributed by atoms with Crippen molar-refractivity contribution in [1.82, 2.24) is 5.43 Å². The van der Waals surface area contributed by atoms with Crippen molar-refractivity contribution in [3.05, 3.63) is 71.8 Å². The molecule has 1 N–H and O–H groups in total. The van der Waals surface area contributed by atoms with Crippen LogP contribution in [0.4, 0.5) is 0 Å². The monoisotopic (exact) mass is 268 g/mol. The van der Waals surface area contributed by atoms with Gasteiger partial charge in [-0.1, -0.05) is 72.9 Å². The largest absolute Gasteiger partial charge is 0.271 e. The zero-order valence-corrected chi connectivity index (χ0v) is 11.7. The summed E-state index contributed by atoms with van der Waals surface area (Å²) in [4.78, 5) is 0.724. The van der Waals surface area contributed by atoms with Gasteiger partial charge in [0.1, 0.15) is 4.99 Å². The highest BCUT2D eigenvalue weighted by Gasteiger charge is 1.99. The van der Waals surface area contributed by atoms with Gasteiger partial charge in [0.25, 0.3) is 0 Å². The van der Waals surface area contributed by atoms with Gasteiger partial charge in [0.2, 0.25) is 0 Å². The summed E-state index contributed by atoms with van der Waals surface area (Å²) in [6, 6.07) is 20.2. The fourth-order valence-corrected chi connectivity index (χ4v) is 1.92. The minimum Gasteiger partial charge on any atom is -0.271 e. The Morgan fingerprint density at radius 2 is 1.58 bits per heavy atom. The van der Waals surface area contributed by atoms with E-state index < -0.39 is 0 Å². The molecule has 2 nitrogen and oxygen atoms in total. The molecule has 0 fully saturated rings. The number of thiocarbonyl (C=S) groups is 1. The lowest BCUT2D eigenvalue weighted by Gasteiger charge is -2.05. The minimum absolute atomic E-state index is 0.710. The SMILES string of the molecule is C/C(=N\NC(=S)Cc1ccccc1)c1ccccc1. The van der Waals surface area contributed by atoms with Gasteiger partial charge in [-0.05, 0) is 18.1 Å². The average Bonchev–Trinajstić information content (AvgIpc) is 2.47. The van der Waals surface area contributed by atoms with Gasteiger partial charge in [-0.25, -0.2) is 0 Å². The van der Waals surface area contributed by atoms with Crippen molar-refractivity contribution in [2.45, 2.75) is 13.3 Å². The molecule has 0 heterocycles. The maximum atomic E-state index is 5.29. The Bertz CT molecular complexity index is 562. The van der Waals surface area contributed by atoms with Crippen LogP contribution in [0, 0.1) is 0 Å². The molecule has 0 amide bonds. The second-order valence-corrected chi connectivity index (χ2v) is 4.75. The average molecular weight is 268 g/mol. The first-order chi connectivity index (χ1) is 9.25. The maximum Gasteiger partial charge on any atom is 0.100 e. The van der Waals surface area contributed by atoms with Crippen LogP contribution in [0.5, 0.6) is 0 Å². The lowest BCUT2D eigenvalue weighted by Crippen LogP contribution is -2.19. The van der Waals surface area contributed by atoms with Crippen molar-refractivity contribution >= 4 is 22.9 Å². The highest BCUT2D eigenvalue weighted by atomic mass is 32.1. The summed E-state index contributed by atoms with van der Waals surface area (Å²) in [6.07, 6.45) is 0.710. The smallest absolute Gasteiger partial charge is 0.100 e. The van der Waals surface area contributed by atoms with Crippen LogP contribution in [0.3, 0.4) is 0 Å². The number of hydrogen-bond donors (Lipinski definition) is 1. The third-order valence-electron chi connectivity index (χ3n) is 2.75. The predicted octanol–water partition coefficient (Wildman–Crippen LogP) is 3.57. The normalized spacial score (nSPS) is 11.1. The fourth-order valence-electron chi connectivity index (χ4n) is 1.71. The Hall–Kier alpha value is -2.00. The molecule has 0 spiro atoms. The molecule has 0 atom stereocenters. The molecule has 0 saturated heterocycles. The van der Waals surface area contributed by atoms with Crippen LogP contribution in [0.25, 0.3) is 0 Å². The van der Waals surface area contributed by atoms with Gasteiger partial charge in [-0.15, -0.1) is 0 Å². The summed E-state index contributed by atoms with van der Waals surface area (Å²) in [6.45, 7) is 1.97. The van der Waals surface area contributed by atoms with Crippen LogP contribution in [-0.4, -0.2) is 10.7 Å². The molecule has 2 aromatic rings. The van der Waals surface area contributed by atoms with E-state index >= 15 is 0 Å². The molecule has 0 aliphatic rings. The Morgan fingerprint density at radius 1 is 1.00 bits per heavy atom. The number of nitrogens with one attached hydrogen (secondary N) is 1. The van der Waals surface area contributed by atoms with E-state index in [2.05, 4.69) is 22.7 Å². The second kappa shape index (κ2) is 6.81. The minimum atomic E-state index is 0.710. The number of hydrazone groups is 1. The van der Waals surface area contributed by atoms with Crippen molar-refractivity contribution in [3.63, 3.8) is 0 Å². The molecule has 0 aliphatic carbocycles. The zero-order chi connectivity index (χ0) is 13.5. The molecule has 0 bridgehead atoms. The third kappa shape index (κ3) is 4.30. The topological polar surface area (TPSA) is 24.4 Å². The van der Waals surface area contributed by atoms with Crippen molar-refractivity contribution in [2.75, 3.05) is 0 Å². The molecule has 3 heteroatoms. The van der Waals surface area contributed by atoms with Crippen molar-refractivity contribution in [2.24, 2.45) is 5.10 Å². The third-order valence-corrected chi connectivity index (χ3v) is 2.98. The first kappa shape index (κ1) is 13.4. The summed E-state index contributed by atoms with van der Waals surface area (Å²) >= 11 is 5.29. The highest BCUT2D eigenvalue weighted by molar-refractivity contribution is 7.80. The van der Waals surface area contributed by atoms with Crippen molar-refractivity contribution < 1.29 is 0 Å². The Morgan fingerprint density at radius 3 is 2.21 bits per heavy atom. The van der Waals surface area contributed by atoms with Crippen LogP contribution in [0.15, 0.2) is 65.8 Å². The lowest BCUT2D eigenvalue weighted by molar-refractivity contribution is 1.01. The van der Waals surface area contributed by atoms with E-state index in [-0.39, 0.29) is 0 Å². The van der Waals surface area contributed by atoms with E-state index in [0.29, 0.717) is 6.42 Å². The van der Waals surface area contributed by atoms with Crippen LogP contribution in [0.2, 0.25) is 0 Å². The van der Waals surface area contributed by atoms with Crippen LogP contribution >= 0.6 is 12.2 Å². The molecule has 0 radical (unpaired) electrons. The molecule has 0 unspecified atom stereocenters. The quantitative estimate of drug-likeness (QED) is 0.521. The number of rotatable bonds is 4. The van der Waals surface area contributed by atoms with Crippen LogP contribution in [0.1, 0.15) is 18.1 Å². The first-order valence-corrected chi connectivity index (χ1v) is 6.59. The van der Waals surface area contributed by atoms with Crippen LogP contribution < -0.4 is 5.43 Å². The van der Waals surface area contributed by atoms with E-state index in [0.717, 1.165) is 16.3 Å². The van der Waals surface area contributed by atoms with E-state index in [1.807, 2.05) is 55.5 Å². The lowest BCUT2D eigenvalue weighted by atomic mass is 10.1. The number of benzene rings is 2. The molecule has 0 aromatic heterocycles. The second-order valence-electron chi connectivity index (χ2n) is 4.26. The standard InChI is InChI=1S/C16H16N2S/c1-13(15-10-6-3-7-11-15)17-18-16(19)12-14-8-4-2-5-9-14/h2-11H,12H2,1H3,(H,18,19)/b17-13+. The van der Waals surface area contributed by atoms with E-state index in [4.69, 9.17) is 12.2 Å². The van der Waals surface area contributed by atoms with Crippen molar-refractivity contribution in [3.8, 4) is 0 Å². The van der Waals surface area contributed by atoms with Gasteiger partial charge in [-0.2, -0.15) is 5.10 Å². The maximum absolute atomic E-state index is 5.29. The van der Waals surface area contributed by atoms with E-state index in [1.54, 1.807) is 0 Å². The Kier molecular flexibility index (Phi) is 4.81. The molecule has 96 valence electrons. The summed E-state index contributed by atoms with van der Waals surface area (Å²) in [5.74, 6) is 0. The summed E-state index contributed by atoms with van der Waals surface area (Å²) < 4.78 is 0. The number of nitrogens with zero attached hydrogens (tertiary/aromatic N) is 1. The van der Waals surface area contributed by atoms with Crippen molar-refractivity contribution in [1.29, 1.82) is 0 Å². The Labute approximate surface area is 119 Å². The summed E-state index contributed by atoms with van der Waals surface area (Å²) in [7, 11) is 0. The molecule has 0 aliphatic heterocycles. The molecule has 2 aromatic carbocycles. The van der Waals surface area contributed by atoms with Gasteiger partial charge in [-0.3, -0.25) is 5.43 Å². The first-order valence-electron chi connectivity index (χ1n) is 6.18. The van der Waals surface area contributed by atoms with Gasteiger partial charge in [0, 0.05) is 6.42 Å². The highest BCUT2D eigenvalue weighted by Crippen LogP contribution is 2.02. The fraction of sp³-hybridized carbons (Fsp3) is 0.125. The van der Waals surface area contributed by atoms with Gasteiger partial charge >= 0.3 is 0 Å². The van der Waals surface area contributed by atoms with Crippen LogP contribution in [-0.2, 0) is 6.42 Å². The number of hydrogen-bond acceptors (Lipinski definition) is 2. The van der Waals surface area contributed by atoms with E-state index in [9.17, 15) is 0 Å². The molecule has 0 saturated carbocycles. The molecule has 19 heavy (non-hydrogen) atoms. The van der Waals surface area contributed by atoms with Gasteiger partial charge in [0.15, 0.2) is 0 Å². The van der Waals surface area contributed by atoms with Gasteiger partial charge in [0.05, 0.1) is 5.71 Å². The molecule has 2 rings (SSSR count). The van der Waals surface area contributed by atoms with Gasteiger partial charge < -0.3 is 0 Å².